The van der Waals surface area contributed by atoms with Gasteiger partial charge < -0.3 is 15.4 Å². The molecule has 1 amide bonds. The number of nitrogens with zero attached hydrogens (tertiary/aromatic N) is 1. The molecule has 2 N–H and O–H groups in total. The number of amides is 1. The van der Waals surface area contributed by atoms with Crippen LogP contribution in [0.4, 0.5) is 5.69 Å². The number of carbonyl (C=O) groups excluding carboxylic acids is 1. The molecular formula is C23H33N3O2. The van der Waals surface area contributed by atoms with E-state index in [4.69, 9.17) is 4.74 Å². The van der Waals surface area contributed by atoms with E-state index in [9.17, 15) is 10.1 Å². The molecule has 1 aliphatic rings. The Morgan fingerprint density at radius 2 is 1.54 bits per heavy atom. The number of nitriles is 1. The molecule has 0 aromatic heterocycles. The minimum atomic E-state index is -0.291. The van der Waals surface area contributed by atoms with Gasteiger partial charge in [-0.2, -0.15) is 5.26 Å². The number of benzene rings is 1. The summed E-state index contributed by atoms with van der Waals surface area (Å²) in [5.74, 6) is 0.468. The van der Waals surface area contributed by atoms with Crippen LogP contribution in [0.15, 0.2) is 36.0 Å². The Hall–Kier alpha value is -2.48. The van der Waals surface area contributed by atoms with Gasteiger partial charge in [0.15, 0.2) is 0 Å². The maximum Gasteiger partial charge on any atom is 0.263 e. The molecule has 28 heavy (non-hydrogen) atoms. The van der Waals surface area contributed by atoms with Gasteiger partial charge in [-0.25, -0.2) is 0 Å². The van der Waals surface area contributed by atoms with E-state index >= 15 is 0 Å². The molecule has 1 aliphatic carbocycles. The van der Waals surface area contributed by atoms with Gasteiger partial charge in [0.1, 0.15) is 17.4 Å². The Balaban J connectivity index is 1.90. The maximum atomic E-state index is 12.6. The van der Waals surface area contributed by atoms with Gasteiger partial charge in [-0.3, -0.25) is 4.79 Å². The van der Waals surface area contributed by atoms with Gasteiger partial charge in [0.05, 0.1) is 7.11 Å². The highest BCUT2D eigenvalue weighted by Crippen LogP contribution is 2.18. The van der Waals surface area contributed by atoms with Crippen LogP contribution in [0.3, 0.4) is 0 Å². The number of hydrogen-bond donors (Lipinski definition) is 2. The molecule has 0 atom stereocenters. The number of carbonyl (C=O) groups is 1. The van der Waals surface area contributed by atoms with E-state index in [-0.39, 0.29) is 17.5 Å². The first-order valence-corrected chi connectivity index (χ1v) is 10.5. The third kappa shape index (κ3) is 8.04. The van der Waals surface area contributed by atoms with Crippen molar-refractivity contribution in [3.8, 4) is 11.8 Å². The maximum absolute atomic E-state index is 12.6. The van der Waals surface area contributed by atoms with Crippen molar-refractivity contribution >= 4 is 11.6 Å². The SMILES string of the molecule is COc1ccc(N/C=C(/C#N)C(=O)NC2CCCCCCCCCCC2)cc1. The average Bonchev–Trinajstić information content (AvgIpc) is 2.71. The van der Waals surface area contributed by atoms with E-state index < -0.39 is 0 Å². The lowest BCUT2D eigenvalue weighted by atomic mass is 9.98. The quantitative estimate of drug-likeness (QED) is 0.534. The first-order valence-electron chi connectivity index (χ1n) is 10.5. The van der Waals surface area contributed by atoms with Crippen LogP contribution in [0.2, 0.25) is 0 Å². The van der Waals surface area contributed by atoms with Gasteiger partial charge in [-0.05, 0) is 37.1 Å². The minimum Gasteiger partial charge on any atom is -0.497 e. The third-order valence-electron chi connectivity index (χ3n) is 5.28. The van der Waals surface area contributed by atoms with Crippen molar-refractivity contribution in [2.75, 3.05) is 12.4 Å². The molecular weight excluding hydrogens is 350 g/mol. The summed E-state index contributed by atoms with van der Waals surface area (Å²) in [5, 5.41) is 15.5. The van der Waals surface area contributed by atoms with E-state index in [0.29, 0.717) is 0 Å². The van der Waals surface area contributed by atoms with E-state index in [1.807, 2.05) is 30.3 Å². The van der Waals surface area contributed by atoms with E-state index in [1.54, 1.807) is 7.11 Å². The predicted molar refractivity (Wildman–Crippen MR) is 113 cm³/mol. The molecule has 0 aliphatic heterocycles. The molecule has 0 radical (unpaired) electrons. The lowest BCUT2D eigenvalue weighted by molar-refractivity contribution is -0.117. The minimum absolute atomic E-state index is 0.0990. The smallest absolute Gasteiger partial charge is 0.263 e. The molecule has 0 unspecified atom stereocenters. The zero-order valence-electron chi connectivity index (χ0n) is 17.0. The fourth-order valence-electron chi connectivity index (χ4n) is 3.56. The Morgan fingerprint density at radius 1 is 1.00 bits per heavy atom. The third-order valence-corrected chi connectivity index (χ3v) is 5.28. The molecule has 5 nitrogen and oxygen atoms in total. The van der Waals surface area contributed by atoms with Crippen molar-refractivity contribution in [3.63, 3.8) is 0 Å². The van der Waals surface area contributed by atoms with Crippen LogP contribution in [-0.4, -0.2) is 19.1 Å². The van der Waals surface area contributed by atoms with Gasteiger partial charge >= 0.3 is 0 Å². The molecule has 1 saturated carbocycles. The number of hydrogen-bond acceptors (Lipinski definition) is 4. The summed E-state index contributed by atoms with van der Waals surface area (Å²) in [6, 6.07) is 9.51. The molecule has 1 aromatic carbocycles. The van der Waals surface area contributed by atoms with Gasteiger partial charge in [-0.15, -0.1) is 0 Å². The largest absolute Gasteiger partial charge is 0.497 e. The molecule has 0 bridgehead atoms. The molecule has 1 fully saturated rings. The van der Waals surface area contributed by atoms with Crippen LogP contribution in [0, 0.1) is 11.3 Å². The Kier molecular flexibility index (Phi) is 9.99. The summed E-state index contributed by atoms with van der Waals surface area (Å²) < 4.78 is 5.13. The second-order valence-electron chi connectivity index (χ2n) is 7.47. The van der Waals surface area contributed by atoms with Crippen LogP contribution in [0.1, 0.15) is 70.6 Å². The van der Waals surface area contributed by atoms with Gasteiger partial charge in [0.2, 0.25) is 0 Å². The van der Waals surface area contributed by atoms with E-state index in [0.717, 1.165) is 37.1 Å². The normalized spacial score (nSPS) is 17.5. The molecule has 0 saturated heterocycles. The number of anilines is 1. The zero-order chi connectivity index (χ0) is 20.0. The van der Waals surface area contributed by atoms with Crippen LogP contribution >= 0.6 is 0 Å². The lowest BCUT2D eigenvalue weighted by Gasteiger charge is -2.19. The van der Waals surface area contributed by atoms with Crippen molar-refractivity contribution in [2.45, 2.75) is 76.7 Å². The van der Waals surface area contributed by atoms with E-state index in [2.05, 4.69) is 10.6 Å². The standard InChI is InChI=1S/C23H33N3O2/c1-28-22-15-13-20(14-16-22)25-18-19(17-24)23(27)26-21-11-9-7-5-3-2-4-6-8-10-12-21/h13-16,18,21,25H,2-12H2,1H3,(H,26,27)/b19-18-. The van der Waals surface area contributed by atoms with Crippen molar-refractivity contribution in [1.82, 2.24) is 5.32 Å². The van der Waals surface area contributed by atoms with Crippen molar-refractivity contribution in [2.24, 2.45) is 0 Å². The van der Waals surface area contributed by atoms with Crippen LogP contribution in [-0.2, 0) is 4.79 Å². The van der Waals surface area contributed by atoms with Crippen LogP contribution < -0.4 is 15.4 Å². The van der Waals surface area contributed by atoms with Crippen molar-refractivity contribution < 1.29 is 9.53 Å². The topological polar surface area (TPSA) is 74.1 Å². The summed E-state index contributed by atoms with van der Waals surface area (Å²) in [7, 11) is 1.61. The number of methoxy groups -OCH3 is 1. The molecule has 152 valence electrons. The average molecular weight is 384 g/mol. The Morgan fingerprint density at radius 3 is 2.04 bits per heavy atom. The monoisotopic (exact) mass is 383 g/mol. The molecule has 0 spiro atoms. The predicted octanol–water partition coefficient (Wildman–Crippen LogP) is 5.30. The van der Waals surface area contributed by atoms with Crippen molar-refractivity contribution in [3.05, 3.63) is 36.0 Å². The zero-order valence-corrected chi connectivity index (χ0v) is 17.0. The summed E-state index contributed by atoms with van der Waals surface area (Å²) in [5.41, 5.74) is 0.897. The second kappa shape index (κ2) is 12.8. The first-order chi connectivity index (χ1) is 13.7. The molecule has 1 aromatic rings. The summed E-state index contributed by atoms with van der Waals surface area (Å²) >= 11 is 0. The molecule has 5 heteroatoms. The lowest BCUT2D eigenvalue weighted by Crippen LogP contribution is -2.35. The number of rotatable bonds is 5. The fraction of sp³-hybridized carbons (Fsp3) is 0.565. The summed E-state index contributed by atoms with van der Waals surface area (Å²) in [6.45, 7) is 0. The Bertz CT molecular complexity index is 649. The summed E-state index contributed by atoms with van der Waals surface area (Å²) in [6.07, 6.45) is 14.8. The number of nitrogens with one attached hydrogen (secondary N) is 2. The first kappa shape index (κ1) is 21.8. The van der Waals surface area contributed by atoms with Gasteiger partial charge in [0.25, 0.3) is 5.91 Å². The Labute approximate surface area is 169 Å². The van der Waals surface area contributed by atoms with E-state index in [1.165, 1.54) is 51.1 Å². The molecule has 2 rings (SSSR count). The summed E-state index contributed by atoms with van der Waals surface area (Å²) in [4.78, 5) is 12.6. The molecule has 0 heterocycles. The fourth-order valence-corrected chi connectivity index (χ4v) is 3.56. The van der Waals surface area contributed by atoms with Crippen molar-refractivity contribution in [1.29, 1.82) is 5.26 Å². The highest BCUT2D eigenvalue weighted by Gasteiger charge is 2.16. The number of ether oxygens (including phenoxy) is 1. The van der Waals surface area contributed by atoms with Gasteiger partial charge in [0, 0.05) is 17.9 Å². The van der Waals surface area contributed by atoms with Gasteiger partial charge in [-0.1, -0.05) is 57.8 Å². The highest BCUT2D eigenvalue weighted by atomic mass is 16.5. The van der Waals surface area contributed by atoms with Crippen LogP contribution in [0.25, 0.3) is 0 Å². The van der Waals surface area contributed by atoms with Crippen LogP contribution in [0.5, 0.6) is 5.75 Å². The second-order valence-corrected chi connectivity index (χ2v) is 7.47. The highest BCUT2D eigenvalue weighted by molar-refractivity contribution is 5.97.